The number of esters is 1. The van der Waals surface area contributed by atoms with E-state index in [1.807, 2.05) is 97.3 Å². The SMILES string of the molecule is COC(=O)c1c(NC(=O)CSc2nnc(COc3ccccc3-c3ccccc3)n2-c2ccccc2OC)sc(C)c1C. The smallest absolute Gasteiger partial charge is 0.341 e. The maximum atomic E-state index is 13.0. The number of carbonyl (C=O) groups excluding carboxylic acids is 2. The number of aromatic nitrogens is 3. The lowest BCUT2D eigenvalue weighted by Gasteiger charge is -2.15. The minimum Gasteiger partial charge on any atom is -0.495 e. The number of nitrogens with one attached hydrogen (secondary N) is 1. The molecule has 3 aromatic carbocycles. The van der Waals surface area contributed by atoms with Crippen molar-refractivity contribution in [3.63, 3.8) is 0 Å². The number of thiophene rings is 1. The summed E-state index contributed by atoms with van der Waals surface area (Å²) in [4.78, 5) is 26.3. The summed E-state index contributed by atoms with van der Waals surface area (Å²) < 4.78 is 18.7. The molecule has 0 atom stereocenters. The first-order valence-corrected chi connectivity index (χ1v) is 15.2. The van der Waals surface area contributed by atoms with Crippen LogP contribution in [0.15, 0.2) is 84.0 Å². The van der Waals surface area contributed by atoms with Crippen molar-refractivity contribution < 1.29 is 23.8 Å². The molecule has 1 N–H and O–H groups in total. The number of anilines is 1. The highest BCUT2D eigenvalue weighted by molar-refractivity contribution is 7.99. The molecule has 11 heteroatoms. The van der Waals surface area contributed by atoms with Gasteiger partial charge in [-0.2, -0.15) is 0 Å². The summed E-state index contributed by atoms with van der Waals surface area (Å²) in [5.41, 5.74) is 3.87. The van der Waals surface area contributed by atoms with Crippen LogP contribution in [0.5, 0.6) is 11.5 Å². The number of hydrogen-bond acceptors (Lipinski definition) is 9. The van der Waals surface area contributed by atoms with Gasteiger partial charge in [-0.25, -0.2) is 4.79 Å². The number of hydrogen-bond donors (Lipinski definition) is 1. The Kier molecular flexibility index (Phi) is 9.43. The van der Waals surface area contributed by atoms with Gasteiger partial charge in [-0.3, -0.25) is 9.36 Å². The molecule has 2 heterocycles. The van der Waals surface area contributed by atoms with Gasteiger partial charge in [0.1, 0.15) is 23.1 Å². The van der Waals surface area contributed by atoms with Crippen molar-refractivity contribution in [2.45, 2.75) is 25.6 Å². The minimum atomic E-state index is -0.487. The number of aryl methyl sites for hydroxylation is 1. The molecule has 9 nitrogen and oxygen atoms in total. The molecule has 0 saturated heterocycles. The molecule has 0 aliphatic carbocycles. The van der Waals surface area contributed by atoms with Gasteiger partial charge in [0, 0.05) is 10.4 Å². The molecule has 43 heavy (non-hydrogen) atoms. The number of rotatable bonds is 11. The lowest BCUT2D eigenvalue weighted by Crippen LogP contribution is -2.16. The molecule has 0 radical (unpaired) electrons. The number of amides is 1. The van der Waals surface area contributed by atoms with Gasteiger partial charge in [0.15, 0.2) is 11.0 Å². The van der Waals surface area contributed by atoms with Crippen molar-refractivity contribution in [2.24, 2.45) is 0 Å². The monoisotopic (exact) mass is 614 g/mol. The minimum absolute atomic E-state index is 0.0294. The fourth-order valence-electron chi connectivity index (χ4n) is 4.49. The highest BCUT2D eigenvalue weighted by Gasteiger charge is 2.23. The number of ether oxygens (including phenoxy) is 3. The highest BCUT2D eigenvalue weighted by atomic mass is 32.2. The summed E-state index contributed by atoms with van der Waals surface area (Å²) in [5, 5.41) is 12.7. The number of carbonyl (C=O) groups is 2. The number of para-hydroxylation sites is 3. The predicted molar refractivity (Wildman–Crippen MR) is 169 cm³/mol. The van der Waals surface area contributed by atoms with Gasteiger partial charge in [0.05, 0.1) is 31.2 Å². The van der Waals surface area contributed by atoms with Crippen LogP contribution in [0, 0.1) is 13.8 Å². The van der Waals surface area contributed by atoms with E-state index in [0.29, 0.717) is 38.7 Å². The van der Waals surface area contributed by atoms with Crippen LogP contribution in [0.4, 0.5) is 5.00 Å². The summed E-state index contributed by atoms with van der Waals surface area (Å²) in [7, 11) is 2.92. The average molecular weight is 615 g/mol. The van der Waals surface area contributed by atoms with Crippen LogP contribution in [0.25, 0.3) is 16.8 Å². The molecular formula is C32H30N4O5S2. The molecule has 0 aliphatic heterocycles. The van der Waals surface area contributed by atoms with Crippen molar-refractivity contribution in [1.29, 1.82) is 0 Å². The molecule has 0 unspecified atom stereocenters. The molecule has 2 aromatic heterocycles. The summed E-state index contributed by atoms with van der Waals surface area (Å²) in [6.07, 6.45) is 0. The van der Waals surface area contributed by atoms with Crippen LogP contribution in [0.3, 0.4) is 0 Å². The van der Waals surface area contributed by atoms with E-state index < -0.39 is 5.97 Å². The first-order chi connectivity index (χ1) is 20.9. The van der Waals surface area contributed by atoms with E-state index in [1.165, 1.54) is 30.2 Å². The average Bonchev–Trinajstić information content (AvgIpc) is 3.57. The molecule has 0 fully saturated rings. The van der Waals surface area contributed by atoms with E-state index in [4.69, 9.17) is 14.2 Å². The Bertz CT molecular complexity index is 1750. The first kappa shape index (κ1) is 29.9. The Labute approximate surface area is 257 Å². The van der Waals surface area contributed by atoms with Crippen LogP contribution in [0.2, 0.25) is 0 Å². The number of benzene rings is 3. The Morgan fingerprint density at radius 2 is 1.60 bits per heavy atom. The van der Waals surface area contributed by atoms with E-state index in [0.717, 1.165) is 21.6 Å². The molecule has 0 saturated carbocycles. The molecule has 0 spiro atoms. The third-order valence-electron chi connectivity index (χ3n) is 6.72. The fraction of sp³-hybridized carbons (Fsp3) is 0.188. The van der Waals surface area contributed by atoms with Crippen LogP contribution >= 0.6 is 23.1 Å². The van der Waals surface area contributed by atoms with Gasteiger partial charge in [0.2, 0.25) is 5.91 Å². The molecule has 220 valence electrons. The third-order valence-corrected chi connectivity index (χ3v) is 8.77. The van der Waals surface area contributed by atoms with E-state index in [-0.39, 0.29) is 18.3 Å². The second-order valence-electron chi connectivity index (χ2n) is 9.37. The topological polar surface area (TPSA) is 105 Å². The first-order valence-electron chi connectivity index (χ1n) is 13.4. The van der Waals surface area contributed by atoms with Gasteiger partial charge in [0.25, 0.3) is 0 Å². The van der Waals surface area contributed by atoms with Gasteiger partial charge >= 0.3 is 5.97 Å². The van der Waals surface area contributed by atoms with Crippen LogP contribution in [-0.4, -0.2) is 46.6 Å². The summed E-state index contributed by atoms with van der Waals surface area (Å²) in [6.45, 7) is 3.85. The van der Waals surface area contributed by atoms with Crippen LogP contribution < -0.4 is 14.8 Å². The zero-order chi connectivity index (χ0) is 30.3. The zero-order valence-electron chi connectivity index (χ0n) is 24.1. The lowest BCUT2D eigenvalue weighted by molar-refractivity contribution is -0.113. The molecule has 1 amide bonds. The van der Waals surface area contributed by atoms with E-state index >= 15 is 0 Å². The predicted octanol–water partition coefficient (Wildman–Crippen LogP) is 6.72. The van der Waals surface area contributed by atoms with Crippen molar-refractivity contribution >= 4 is 40.0 Å². The molecule has 0 bridgehead atoms. The fourth-order valence-corrected chi connectivity index (χ4v) is 6.32. The van der Waals surface area contributed by atoms with Crippen molar-refractivity contribution in [1.82, 2.24) is 14.8 Å². The third kappa shape index (κ3) is 6.58. The van der Waals surface area contributed by atoms with Crippen molar-refractivity contribution in [3.8, 4) is 28.3 Å². The Balaban J connectivity index is 1.40. The Morgan fingerprint density at radius 3 is 2.35 bits per heavy atom. The Morgan fingerprint density at radius 1 is 0.907 bits per heavy atom. The molecule has 5 rings (SSSR count). The van der Waals surface area contributed by atoms with Crippen LogP contribution in [0.1, 0.15) is 26.6 Å². The van der Waals surface area contributed by atoms with Gasteiger partial charge in [-0.15, -0.1) is 21.5 Å². The van der Waals surface area contributed by atoms with Gasteiger partial charge in [-0.1, -0.05) is 72.4 Å². The Hall–Kier alpha value is -4.61. The zero-order valence-corrected chi connectivity index (χ0v) is 25.8. The number of methoxy groups -OCH3 is 2. The largest absolute Gasteiger partial charge is 0.495 e. The van der Waals surface area contributed by atoms with E-state index in [9.17, 15) is 9.59 Å². The summed E-state index contributed by atoms with van der Waals surface area (Å²) in [5.74, 6) is 1.11. The van der Waals surface area contributed by atoms with E-state index in [2.05, 4.69) is 15.5 Å². The van der Waals surface area contributed by atoms with Crippen molar-refractivity contribution in [3.05, 3.63) is 101 Å². The molecule has 5 aromatic rings. The standard InChI is InChI=1S/C32H30N4O5S2/c1-20-21(2)43-30(29(20)31(38)40-4)33-28(37)19-42-32-35-34-27(36(32)24-15-9-11-17-26(24)39-3)18-41-25-16-10-8-14-23(25)22-12-6-5-7-13-22/h5-17H,18-19H2,1-4H3,(H,33,37). The molecular weight excluding hydrogens is 585 g/mol. The molecule has 0 aliphatic rings. The maximum absolute atomic E-state index is 13.0. The van der Waals surface area contributed by atoms with Gasteiger partial charge in [-0.05, 0) is 43.2 Å². The van der Waals surface area contributed by atoms with Gasteiger partial charge < -0.3 is 19.5 Å². The maximum Gasteiger partial charge on any atom is 0.341 e. The number of nitrogens with zero attached hydrogens (tertiary/aromatic N) is 3. The van der Waals surface area contributed by atoms with Crippen molar-refractivity contribution in [2.75, 3.05) is 25.3 Å². The second kappa shape index (κ2) is 13.6. The normalized spacial score (nSPS) is 10.8. The number of thioether (sulfide) groups is 1. The summed E-state index contributed by atoms with van der Waals surface area (Å²) >= 11 is 2.56. The summed E-state index contributed by atoms with van der Waals surface area (Å²) in [6, 6.07) is 25.4. The van der Waals surface area contributed by atoms with Crippen LogP contribution in [-0.2, 0) is 16.1 Å². The second-order valence-corrected chi connectivity index (χ2v) is 11.5. The van der Waals surface area contributed by atoms with E-state index in [1.54, 1.807) is 7.11 Å². The quantitative estimate of drug-likeness (QED) is 0.129. The lowest BCUT2D eigenvalue weighted by atomic mass is 10.1. The highest BCUT2D eigenvalue weighted by Crippen LogP contribution is 2.34.